The van der Waals surface area contributed by atoms with Gasteiger partial charge in [-0.15, -0.1) is 0 Å². The first kappa shape index (κ1) is 6.84. The first-order chi connectivity index (χ1) is 5.29. The fraction of sp³-hybridized carbons (Fsp3) is 0.333. The second-order valence-corrected chi connectivity index (χ2v) is 3.03. The van der Waals surface area contributed by atoms with Crippen LogP contribution in [-0.2, 0) is 6.42 Å². The number of halogens is 1. The summed E-state index contributed by atoms with van der Waals surface area (Å²) in [5, 5.41) is 6.33. The van der Waals surface area contributed by atoms with E-state index in [0.717, 1.165) is 6.42 Å². The molecule has 1 amide bonds. The molecule has 0 saturated heterocycles. The van der Waals surface area contributed by atoms with Crippen LogP contribution < -0.4 is 5.32 Å². The summed E-state index contributed by atoms with van der Waals surface area (Å²) in [6.07, 6.45) is 0.722. The number of hydrogen-bond donors (Lipinski definition) is 1. The van der Waals surface area contributed by atoms with Crippen molar-refractivity contribution >= 4 is 21.8 Å². The third-order valence-electron chi connectivity index (χ3n) is 1.59. The molecule has 1 aliphatic heterocycles. The minimum atomic E-state index is -0.112. The highest BCUT2D eigenvalue weighted by molar-refractivity contribution is 9.10. The summed E-state index contributed by atoms with van der Waals surface area (Å²) >= 11 is 3.13. The predicted molar refractivity (Wildman–Crippen MR) is 40.2 cm³/mol. The van der Waals surface area contributed by atoms with Gasteiger partial charge in [0.2, 0.25) is 0 Å². The minimum absolute atomic E-state index is 0.112. The summed E-state index contributed by atoms with van der Waals surface area (Å²) in [5.41, 5.74) is 0.538. The SMILES string of the molecule is O=C1NCCc2onc(Br)c21. The molecule has 11 heavy (non-hydrogen) atoms. The summed E-state index contributed by atoms with van der Waals surface area (Å²) in [5.74, 6) is 0.556. The highest BCUT2D eigenvalue weighted by atomic mass is 79.9. The highest BCUT2D eigenvalue weighted by Gasteiger charge is 2.24. The third kappa shape index (κ3) is 0.956. The second kappa shape index (κ2) is 2.34. The van der Waals surface area contributed by atoms with Gasteiger partial charge in [0, 0.05) is 13.0 Å². The average Bonchev–Trinajstić information content (AvgIpc) is 2.34. The van der Waals surface area contributed by atoms with E-state index in [1.807, 2.05) is 0 Å². The first-order valence-corrected chi connectivity index (χ1v) is 4.00. The van der Waals surface area contributed by atoms with Crippen LogP contribution in [0.3, 0.4) is 0 Å². The van der Waals surface area contributed by atoms with Gasteiger partial charge in [-0.2, -0.15) is 0 Å². The Morgan fingerprint density at radius 3 is 3.18 bits per heavy atom. The van der Waals surface area contributed by atoms with Gasteiger partial charge in [0.15, 0.2) is 10.4 Å². The Kier molecular flexibility index (Phi) is 1.45. The van der Waals surface area contributed by atoms with Gasteiger partial charge in [-0.25, -0.2) is 0 Å². The number of rotatable bonds is 0. The van der Waals surface area contributed by atoms with Crippen LogP contribution in [0.25, 0.3) is 0 Å². The third-order valence-corrected chi connectivity index (χ3v) is 2.13. The molecular weight excluding hydrogens is 212 g/mol. The number of nitrogens with zero attached hydrogens (tertiary/aromatic N) is 1. The molecule has 0 fully saturated rings. The number of carbonyl (C=O) groups is 1. The summed E-state index contributed by atoms with van der Waals surface area (Å²) in [6, 6.07) is 0. The average molecular weight is 217 g/mol. The molecule has 5 heteroatoms. The van der Waals surface area contributed by atoms with Crippen LogP contribution in [0.5, 0.6) is 0 Å². The maximum absolute atomic E-state index is 11.1. The summed E-state index contributed by atoms with van der Waals surface area (Å²) < 4.78 is 5.39. The molecule has 1 aliphatic rings. The summed E-state index contributed by atoms with van der Waals surface area (Å²) in [4.78, 5) is 11.1. The molecule has 0 saturated carbocycles. The van der Waals surface area contributed by atoms with Gasteiger partial charge in [-0.05, 0) is 15.9 Å². The molecule has 0 spiro atoms. The molecule has 0 bridgehead atoms. The highest BCUT2D eigenvalue weighted by Crippen LogP contribution is 2.21. The second-order valence-electron chi connectivity index (χ2n) is 2.28. The van der Waals surface area contributed by atoms with E-state index in [1.54, 1.807) is 0 Å². The van der Waals surface area contributed by atoms with Crippen molar-refractivity contribution < 1.29 is 9.32 Å². The number of hydrogen-bond acceptors (Lipinski definition) is 3. The van der Waals surface area contributed by atoms with Crippen LogP contribution in [0.1, 0.15) is 16.1 Å². The van der Waals surface area contributed by atoms with Crippen molar-refractivity contribution in [2.45, 2.75) is 6.42 Å². The Hall–Kier alpha value is -0.840. The van der Waals surface area contributed by atoms with Crippen molar-refractivity contribution in [3.8, 4) is 0 Å². The fourth-order valence-corrected chi connectivity index (χ4v) is 1.54. The quantitative estimate of drug-likeness (QED) is 0.696. The number of fused-ring (bicyclic) bond motifs is 1. The molecule has 0 aliphatic carbocycles. The molecule has 58 valence electrons. The van der Waals surface area contributed by atoms with E-state index in [0.29, 0.717) is 22.5 Å². The van der Waals surface area contributed by atoms with Crippen molar-refractivity contribution in [1.29, 1.82) is 0 Å². The molecule has 1 N–H and O–H groups in total. The van der Waals surface area contributed by atoms with Crippen LogP contribution >= 0.6 is 15.9 Å². The summed E-state index contributed by atoms with van der Waals surface area (Å²) in [6.45, 7) is 0.632. The fourth-order valence-electron chi connectivity index (χ4n) is 1.07. The maximum atomic E-state index is 11.1. The largest absolute Gasteiger partial charge is 0.359 e. The normalized spacial score (nSPS) is 15.9. The van der Waals surface area contributed by atoms with E-state index in [-0.39, 0.29) is 5.91 Å². The van der Waals surface area contributed by atoms with Gasteiger partial charge >= 0.3 is 0 Å². The number of aromatic nitrogens is 1. The number of carbonyl (C=O) groups excluding carboxylic acids is 1. The first-order valence-electron chi connectivity index (χ1n) is 3.21. The maximum Gasteiger partial charge on any atom is 0.257 e. The lowest BCUT2D eigenvalue weighted by molar-refractivity contribution is 0.0942. The molecule has 1 aromatic rings. The van der Waals surface area contributed by atoms with E-state index in [1.165, 1.54) is 0 Å². The molecule has 2 heterocycles. The van der Waals surface area contributed by atoms with Gasteiger partial charge in [0.05, 0.1) is 0 Å². The lowest BCUT2D eigenvalue weighted by Gasteiger charge is -2.08. The molecule has 2 rings (SSSR count). The smallest absolute Gasteiger partial charge is 0.257 e. The zero-order valence-corrected chi connectivity index (χ0v) is 7.14. The number of amides is 1. The van der Waals surface area contributed by atoms with Crippen LogP contribution in [0.15, 0.2) is 9.13 Å². The Labute approximate surface area is 71.1 Å². The minimum Gasteiger partial charge on any atom is -0.359 e. The van der Waals surface area contributed by atoms with E-state index >= 15 is 0 Å². The Morgan fingerprint density at radius 1 is 1.64 bits per heavy atom. The Morgan fingerprint density at radius 2 is 2.45 bits per heavy atom. The zero-order valence-electron chi connectivity index (χ0n) is 5.56. The van der Waals surface area contributed by atoms with Crippen molar-refractivity contribution in [3.63, 3.8) is 0 Å². The van der Waals surface area contributed by atoms with Gasteiger partial charge in [-0.3, -0.25) is 4.79 Å². The van der Waals surface area contributed by atoms with Crippen LogP contribution in [-0.4, -0.2) is 17.6 Å². The van der Waals surface area contributed by atoms with Crippen molar-refractivity contribution in [1.82, 2.24) is 10.5 Å². The van der Waals surface area contributed by atoms with Gasteiger partial charge in [0.1, 0.15) is 5.56 Å². The zero-order chi connectivity index (χ0) is 7.84. The number of nitrogens with one attached hydrogen (secondary N) is 1. The summed E-state index contributed by atoms with van der Waals surface area (Å²) in [7, 11) is 0. The van der Waals surface area contributed by atoms with Crippen molar-refractivity contribution in [3.05, 3.63) is 15.9 Å². The lowest BCUT2D eigenvalue weighted by Crippen LogP contribution is -2.31. The van der Waals surface area contributed by atoms with Gasteiger partial charge < -0.3 is 9.84 Å². The van der Waals surface area contributed by atoms with E-state index in [9.17, 15) is 4.79 Å². The molecule has 1 aromatic heterocycles. The monoisotopic (exact) mass is 216 g/mol. The molecular formula is C6H5BrN2O2. The molecule has 0 aromatic carbocycles. The topological polar surface area (TPSA) is 55.1 Å². The van der Waals surface area contributed by atoms with Crippen LogP contribution in [0, 0.1) is 0 Å². The predicted octanol–water partition coefficient (Wildman–Crippen LogP) is 0.723. The molecule has 4 nitrogen and oxygen atoms in total. The van der Waals surface area contributed by atoms with E-state index < -0.39 is 0 Å². The standard InChI is InChI=1S/C6H5BrN2O2/c7-5-4-3(11-9-5)1-2-8-6(4)10/h1-2H2,(H,8,10). The van der Waals surface area contributed by atoms with Crippen LogP contribution in [0.2, 0.25) is 0 Å². The molecule has 0 atom stereocenters. The lowest BCUT2D eigenvalue weighted by atomic mass is 10.1. The Balaban J connectivity index is 2.56. The van der Waals surface area contributed by atoms with E-state index in [4.69, 9.17) is 4.52 Å². The molecule has 0 radical (unpaired) electrons. The van der Waals surface area contributed by atoms with E-state index in [2.05, 4.69) is 26.4 Å². The van der Waals surface area contributed by atoms with Gasteiger partial charge in [0.25, 0.3) is 5.91 Å². The van der Waals surface area contributed by atoms with Crippen molar-refractivity contribution in [2.75, 3.05) is 6.54 Å². The van der Waals surface area contributed by atoms with Gasteiger partial charge in [-0.1, -0.05) is 5.16 Å². The van der Waals surface area contributed by atoms with Crippen molar-refractivity contribution in [2.24, 2.45) is 0 Å². The van der Waals surface area contributed by atoms with Crippen LogP contribution in [0.4, 0.5) is 0 Å². The Bertz CT molecular complexity index is 308. The molecule has 0 unspecified atom stereocenters.